The number of nitrogens with one attached hydrogen (secondary N) is 1. The van der Waals surface area contributed by atoms with Crippen molar-refractivity contribution in [3.8, 4) is 0 Å². The minimum Gasteiger partial charge on any atom is -0.478 e. The molecule has 0 aliphatic carbocycles. The zero-order valence-corrected chi connectivity index (χ0v) is 14.4. The van der Waals surface area contributed by atoms with Crippen LogP contribution in [0, 0.1) is 0 Å². The largest absolute Gasteiger partial charge is 0.478 e. The van der Waals surface area contributed by atoms with Gasteiger partial charge in [0.05, 0.1) is 5.56 Å². The number of aromatic amines is 1. The number of imidazole rings is 1. The lowest BCUT2D eigenvalue weighted by Crippen LogP contribution is -2.39. The molecule has 0 bridgehead atoms. The summed E-state index contributed by atoms with van der Waals surface area (Å²) in [5.74, 6) is -0.544. The van der Waals surface area contributed by atoms with E-state index in [1.54, 1.807) is 31.2 Å². The molecule has 3 rings (SSSR count). The van der Waals surface area contributed by atoms with Crippen LogP contribution in [0.5, 0.6) is 0 Å². The monoisotopic (exact) mass is 354 g/mol. The van der Waals surface area contributed by atoms with Gasteiger partial charge in [0.1, 0.15) is 11.3 Å². The molecular weight excluding hydrogens is 336 g/mol. The topological polar surface area (TPSA) is 110 Å². The fourth-order valence-electron chi connectivity index (χ4n) is 2.74. The summed E-state index contributed by atoms with van der Waals surface area (Å²) in [6.07, 6.45) is 3.42. The number of aromatic carboxylic acids is 1. The Morgan fingerprint density at radius 3 is 2.35 bits per heavy atom. The van der Waals surface area contributed by atoms with Crippen LogP contribution < -0.4 is 11.2 Å². The molecule has 134 valence electrons. The fraction of sp³-hybridized carbons (Fsp3) is 0.222. The molecule has 0 saturated heterocycles. The number of nitrogens with zero attached hydrogens (tertiary/aromatic N) is 3. The van der Waals surface area contributed by atoms with Crippen molar-refractivity contribution in [1.29, 1.82) is 0 Å². The number of aryl methyl sites for hydroxylation is 1. The van der Waals surface area contributed by atoms with Gasteiger partial charge in [0.2, 0.25) is 0 Å². The summed E-state index contributed by atoms with van der Waals surface area (Å²) in [5.41, 5.74) is 0.837. The smallest absolute Gasteiger partial charge is 0.335 e. The van der Waals surface area contributed by atoms with Crippen LogP contribution in [0.2, 0.25) is 0 Å². The summed E-state index contributed by atoms with van der Waals surface area (Å²) in [4.78, 5) is 43.0. The Balaban J connectivity index is 2.04. The van der Waals surface area contributed by atoms with E-state index >= 15 is 0 Å². The highest BCUT2D eigenvalue weighted by Crippen LogP contribution is 2.11. The second-order valence-electron chi connectivity index (χ2n) is 5.66. The van der Waals surface area contributed by atoms with E-state index in [1.807, 2.05) is 6.92 Å². The Kier molecular flexibility index (Phi) is 4.57. The number of benzene rings is 1. The van der Waals surface area contributed by atoms with Crippen molar-refractivity contribution in [2.24, 2.45) is 0 Å². The molecule has 0 fully saturated rings. The number of hydrogen-bond donors (Lipinski definition) is 2. The lowest BCUT2D eigenvalue weighted by atomic mass is 10.1. The number of aromatic nitrogens is 4. The number of hydrogen-bond acceptors (Lipinski definition) is 4. The molecular formula is C18H18N4O4. The molecule has 0 aliphatic heterocycles. The third-order valence-corrected chi connectivity index (χ3v) is 4.10. The zero-order valence-electron chi connectivity index (χ0n) is 14.4. The Hall–Kier alpha value is -3.42. The van der Waals surface area contributed by atoms with Gasteiger partial charge in [0, 0.05) is 13.1 Å². The highest BCUT2D eigenvalue weighted by molar-refractivity contribution is 5.88. The molecule has 8 heteroatoms. The molecule has 2 heterocycles. The molecule has 0 amide bonds. The minimum atomic E-state index is -0.984. The minimum absolute atomic E-state index is 0.206. The van der Waals surface area contributed by atoms with E-state index in [-0.39, 0.29) is 23.3 Å². The molecule has 0 saturated carbocycles. The maximum Gasteiger partial charge on any atom is 0.335 e. The fourth-order valence-corrected chi connectivity index (χ4v) is 2.74. The highest BCUT2D eigenvalue weighted by Gasteiger charge is 2.14. The van der Waals surface area contributed by atoms with Gasteiger partial charge in [-0.2, -0.15) is 0 Å². The van der Waals surface area contributed by atoms with Gasteiger partial charge in [-0.3, -0.25) is 13.9 Å². The maximum atomic E-state index is 12.4. The molecule has 0 unspecified atom stereocenters. The van der Waals surface area contributed by atoms with E-state index in [0.717, 1.165) is 5.56 Å². The number of carboxylic acids is 1. The highest BCUT2D eigenvalue weighted by atomic mass is 16.4. The van der Waals surface area contributed by atoms with Crippen molar-refractivity contribution in [3.63, 3.8) is 0 Å². The van der Waals surface area contributed by atoms with E-state index in [1.165, 1.54) is 21.3 Å². The Morgan fingerprint density at radius 2 is 1.77 bits per heavy atom. The Morgan fingerprint density at radius 1 is 1.12 bits per heavy atom. The summed E-state index contributed by atoms with van der Waals surface area (Å²) in [5, 5.41) is 8.91. The quantitative estimate of drug-likeness (QED) is 0.726. The van der Waals surface area contributed by atoms with Crippen molar-refractivity contribution < 1.29 is 9.90 Å². The maximum absolute atomic E-state index is 12.4. The molecule has 3 aromatic rings. The van der Waals surface area contributed by atoms with Crippen molar-refractivity contribution >= 4 is 29.3 Å². The molecule has 2 aromatic heterocycles. The number of H-pyrrole nitrogens is 1. The lowest BCUT2D eigenvalue weighted by Gasteiger charge is -2.06. The normalized spacial score (nSPS) is 11.5. The predicted molar refractivity (Wildman–Crippen MR) is 98.3 cm³/mol. The van der Waals surface area contributed by atoms with Gasteiger partial charge >= 0.3 is 11.7 Å². The van der Waals surface area contributed by atoms with Crippen LogP contribution in [-0.4, -0.2) is 30.2 Å². The number of fused-ring (bicyclic) bond motifs is 1. The van der Waals surface area contributed by atoms with E-state index in [0.29, 0.717) is 18.0 Å². The third kappa shape index (κ3) is 2.97. The van der Waals surface area contributed by atoms with Gasteiger partial charge in [-0.1, -0.05) is 18.2 Å². The van der Waals surface area contributed by atoms with Gasteiger partial charge in [-0.05, 0) is 37.6 Å². The number of rotatable bonds is 5. The van der Waals surface area contributed by atoms with E-state index in [4.69, 9.17) is 5.11 Å². The number of carbonyl (C=O) groups is 1. The molecule has 0 atom stereocenters. The second-order valence-corrected chi connectivity index (χ2v) is 5.66. The van der Waals surface area contributed by atoms with E-state index < -0.39 is 11.5 Å². The standard InChI is InChI=1S/C18H18N4O4/c1-3-21-15-14(16(23)22(4-2)18(21)26)19-13(20-15)10-7-11-5-8-12(9-6-11)17(24)25/h5-10H,3-4H2,1-2H3,(H,19,20)(H,24,25)/b10-7+. The van der Waals surface area contributed by atoms with Crippen LogP contribution >= 0.6 is 0 Å². The van der Waals surface area contributed by atoms with E-state index in [9.17, 15) is 14.4 Å². The molecule has 0 aliphatic rings. The van der Waals surface area contributed by atoms with Crippen LogP contribution in [0.3, 0.4) is 0 Å². The predicted octanol–water partition coefficient (Wildman–Crippen LogP) is 1.79. The average Bonchev–Trinajstić information content (AvgIpc) is 3.05. The van der Waals surface area contributed by atoms with Crippen molar-refractivity contribution in [2.45, 2.75) is 26.9 Å². The Bertz CT molecular complexity index is 1120. The first kappa shape index (κ1) is 17.4. The summed E-state index contributed by atoms with van der Waals surface area (Å²) in [7, 11) is 0. The van der Waals surface area contributed by atoms with Crippen LogP contribution in [0.4, 0.5) is 0 Å². The first-order valence-corrected chi connectivity index (χ1v) is 8.21. The zero-order chi connectivity index (χ0) is 18.8. The van der Waals surface area contributed by atoms with Crippen LogP contribution in [0.25, 0.3) is 23.3 Å². The van der Waals surface area contributed by atoms with Gasteiger partial charge in [0.25, 0.3) is 5.56 Å². The first-order chi connectivity index (χ1) is 12.5. The van der Waals surface area contributed by atoms with Crippen molar-refractivity contribution in [2.75, 3.05) is 0 Å². The lowest BCUT2D eigenvalue weighted by molar-refractivity contribution is 0.0697. The van der Waals surface area contributed by atoms with Gasteiger partial charge < -0.3 is 10.1 Å². The second kappa shape index (κ2) is 6.83. The van der Waals surface area contributed by atoms with Gasteiger partial charge in [-0.25, -0.2) is 14.6 Å². The summed E-state index contributed by atoms with van der Waals surface area (Å²) < 4.78 is 2.62. The third-order valence-electron chi connectivity index (χ3n) is 4.10. The summed E-state index contributed by atoms with van der Waals surface area (Å²) in [6, 6.07) is 6.37. The van der Waals surface area contributed by atoms with E-state index in [2.05, 4.69) is 9.97 Å². The average molecular weight is 354 g/mol. The number of carboxylic acid groups (broad SMARTS) is 1. The molecule has 0 spiro atoms. The summed E-state index contributed by atoms with van der Waals surface area (Å²) >= 11 is 0. The SMILES string of the molecule is CCn1c(=O)c2[nH]c(/C=C/c3ccc(C(=O)O)cc3)nc2n(CC)c1=O. The van der Waals surface area contributed by atoms with Crippen LogP contribution in [0.15, 0.2) is 33.9 Å². The van der Waals surface area contributed by atoms with Crippen molar-refractivity contribution in [1.82, 2.24) is 19.1 Å². The first-order valence-electron chi connectivity index (χ1n) is 8.21. The van der Waals surface area contributed by atoms with Gasteiger partial charge in [-0.15, -0.1) is 0 Å². The van der Waals surface area contributed by atoms with Crippen LogP contribution in [-0.2, 0) is 13.1 Å². The molecule has 8 nitrogen and oxygen atoms in total. The molecule has 26 heavy (non-hydrogen) atoms. The molecule has 1 aromatic carbocycles. The molecule has 0 radical (unpaired) electrons. The van der Waals surface area contributed by atoms with Crippen molar-refractivity contribution in [3.05, 3.63) is 62.1 Å². The molecule has 2 N–H and O–H groups in total. The van der Waals surface area contributed by atoms with Crippen LogP contribution in [0.1, 0.15) is 35.6 Å². The Labute approximate surface area is 148 Å². The summed E-state index contributed by atoms with van der Waals surface area (Å²) in [6.45, 7) is 4.25. The van der Waals surface area contributed by atoms with Gasteiger partial charge in [0.15, 0.2) is 5.65 Å².